The van der Waals surface area contributed by atoms with Crippen LogP contribution in [0.1, 0.15) is 17.4 Å². The maximum atomic E-state index is 14.2. The van der Waals surface area contributed by atoms with Crippen LogP contribution in [0.4, 0.5) is 46.5 Å². The predicted octanol–water partition coefficient (Wildman–Crippen LogP) is 6.91. The Labute approximate surface area is 213 Å². The van der Waals surface area contributed by atoms with Crippen LogP contribution in [0.3, 0.4) is 0 Å². The van der Waals surface area contributed by atoms with E-state index in [1.807, 2.05) is 0 Å². The third kappa shape index (κ3) is 6.66. The zero-order valence-corrected chi connectivity index (χ0v) is 20.1. The highest BCUT2D eigenvalue weighted by Gasteiger charge is 2.58. The number of hydrogen-bond acceptors (Lipinski definition) is 4. The highest BCUT2D eigenvalue weighted by atomic mass is 19.4. The Morgan fingerprint density at radius 1 is 0.763 bits per heavy atom. The third-order valence-corrected chi connectivity index (χ3v) is 5.59. The first-order chi connectivity index (χ1) is 17.6. The summed E-state index contributed by atoms with van der Waals surface area (Å²) in [6.45, 7) is -1.11. The standard InChI is InChI=1S/C26H24F8N2O2/c1-35(2)20-12-7-13-21(15-20)38-23(17-8-6-9-18(14-17)24(27,28)26(32,33)34)36(16-22(37)25(29,30)31)19-10-4-3-5-11-19/h3-15,22-23,37H,16H2,1-2H3. The molecule has 0 aliphatic heterocycles. The molecule has 0 saturated heterocycles. The van der Waals surface area contributed by atoms with Gasteiger partial charge < -0.3 is 19.6 Å². The quantitative estimate of drug-likeness (QED) is 0.233. The van der Waals surface area contributed by atoms with Crippen LogP contribution in [0.25, 0.3) is 0 Å². The third-order valence-electron chi connectivity index (χ3n) is 5.59. The first-order valence-electron chi connectivity index (χ1n) is 11.2. The van der Waals surface area contributed by atoms with Crippen LogP contribution in [0.15, 0.2) is 78.9 Å². The maximum Gasteiger partial charge on any atom is 0.458 e. The highest BCUT2D eigenvalue weighted by molar-refractivity contribution is 5.52. The number of alkyl halides is 8. The number of ether oxygens (including phenoxy) is 1. The number of nitrogens with zero attached hydrogens (tertiary/aromatic N) is 2. The van der Waals surface area contributed by atoms with Crippen LogP contribution in [-0.2, 0) is 5.92 Å². The molecule has 1 N–H and O–H groups in total. The van der Waals surface area contributed by atoms with Crippen molar-refractivity contribution < 1.29 is 45.0 Å². The van der Waals surface area contributed by atoms with Gasteiger partial charge in [-0.25, -0.2) is 0 Å². The molecule has 3 rings (SSSR count). The number of para-hydroxylation sites is 1. The van der Waals surface area contributed by atoms with Crippen molar-refractivity contribution in [3.63, 3.8) is 0 Å². The van der Waals surface area contributed by atoms with Crippen molar-refractivity contribution in [2.45, 2.75) is 30.6 Å². The molecule has 3 aromatic rings. The second-order valence-electron chi connectivity index (χ2n) is 8.60. The smallest absolute Gasteiger partial charge is 0.458 e. The number of anilines is 2. The van der Waals surface area contributed by atoms with Crippen molar-refractivity contribution in [1.82, 2.24) is 0 Å². The van der Waals surface area contributed by atoms with Gasteiger partial charge in [-0.1, -0.05) is 42.5 Å². The summed E-state index contributed by atoms with van der Waals surface area (Å²) in [6.07, 6.45) is -15.5. The molecule has 12 heteroatoms. The summed E-state index contributed by atoms with van der Waals surface area (Å²) >= 11 is 0. The normalized spacial score (nSPS) is 14.1. The molecule has 0 aliphatic rings. The van der Waals surface area contributed by atoms with E-state index in [9.17, 15) is 40.2 Å². The summed E-state index contributed by atoms with van der Waals surface area (Å²) in [7, 11) is 3.44. The van der Waals surface area contributed by atoms with Crippen molar-refractivity contribution in [3.8, 4) is 5.75 Å². The SMILES string of the molecule is CN(C)c1cccc(OC(c2cccc(C(F)(F)C(F)(F)F)c2)N(CC(O)C(F)(F)F)c2ccccc2)c1. The molecule has 2 unspecified atom stereocenters. The zero-order chi connectivity index (χ0) is 28.3. The Balaban J connectivity index is 2.19. The van der Waals surface area contributed by atoms with E-state index in [4.69, 9.17) is 4.74 Å². The molecular weight excluding hydrogens is 524 g/mol. The molecule has 0 bridgehead atoms. The topological polar surface area (TPSA) is 35.9 Å². The van der Waals surface area contributed by atoms with Gasteiger partial charge in [-0.05, 0) is 30.3 Å². The van der Waals surface area contributed by atoms with Crippen LogP contribution in [0.5, 0.6) is 5.75 Å². The number of hydrogen-bond donors (Lipinski definition) is 1. The lowest BCUT2D eigenvalue weighted by molar-refractivity contribution is -0.289. The minimum Gasteiger partial charge on any atom is -0.466 e. The fourth-order valence-electron chi connectivity index (χ4n) is 3.57. The summed E-state index contributed by atoms with van der Waals surface area (Å²) in [5, 5.41) is 9.89. The summed E-state index contributed by atoms with van der Waals surface area (Å²) < 4.78 is 114. The van der Waals surface area contributed by atoms with Gasteiger partial charge in [0, 0.05) is 42.7 Å². The number of halogens is 8. The van der Waals surface area contributed by atoms with Crippen LogP contribution in [0, 0.1) is 0 Å². The van der Waals surface area contributed by atoms with Crippen molar-refractivity contribution >= 4 is 11.4 Å². The second-order valence-corrected chi connectivity index (χ2v) is 8.60. The number of rotatable bonds is 9. The van der Waals surface area contributed by atoms with Crippen molar-refractivity contribution in [3.05, 3.63) is 90.0 Å². The van der Waals surface area contributed by atoms with Crippen LogP contribution in [-0.4, -0.2) is 44.2 Å². The summed E-state index contributed by atoms with van der Waals surface area (Å²) in [4.78, 5) is 2.65. The lowest BCUT2D eigenvalue weighted by Gasteiger charge is -2.36. The van der Waals surface area contributed by atoms with Crippen LogP contribution < -0.4 is 14.5 Å². The van der Waals surface area contributed by atoms with Gasteiger partial charge in [-0.2, -0.15) is 35.1 Å². The van der Waals surface area contributed by atoms with E-state index in [0.29, 0.717) is 17.8 Å². The summed E-state index contributed by atoms with van der Waals surface area (Å²) in [6, 6.07) is 16.8. The maximum absolute atomic E-state index is 14.2. The molecule has 0 aromatic heterocycles. The van der Waals surface area contributed by atoms with E-state index < -0.39 is 42.7 Å². The fraction of sp³-hybridized carbons (Fsp3) is 0.308. The number of aliphatic hydroxyl groups excluding tert-OH is 1. The van der Waals surface area contributed by atoms with E-state index in [2.05, 4.69) is 0 Å². The van der Waals surface area contributed by atoms with E-state index in [1.54, 1.807) is 37.2 Å². The van der Waals surface area contributed by atoms with Gasteiger partial charge in [-0.15, -0.1) is 0 Å². The molecule has 0 saturated carbocycles. The molecule has 0 fully saturated rings. The minimum absolute atomic E-state index is 0.0941. The highest BCUT2D eigenvalue weighted by Crippen LogP contribution is 2.45. The van der Waals surface area contributed by atoms with E-state index in [0.717, 1.165) is 17.0 Å². The molecule has 3 aromatic carbocycles. The van der Waals surface area contributed by atoms with Gasteiger partial charge in [0.2, 0.25) is 0 Å². The number of aliphatic hydroxyl groups is 1. The van der Waals surface area contributed by atoms with Gasteiger partial charge in [0.25, 0.3) is 0 Å². The second kappa shape index (κ2) is 11.1. The van der Waals surface area contributed by atoms with Crippen molar-refractivity contribution in [2.24, 2.45) is 0 Å². The Bertz CT molecular complexity index is 1200. The lowest BCUT2D eigenvalue weighted by Crippen LogP contribution is -2.44. The van der Waals surface area contributed by atoms with Crippen molar-refractivity contribution in [2.75, 3.05) is 30.4 Å². The van der Waals surface area contributed by atoms with E-state index in [1.165, 1.54) is 36.4 Å². The van der Waals surface area contributed by atoms with Crippen LogP contribution >= 0.6 is 0 Å². The molecular formula is C26H24F8N2O2. The molecule has 206 valence electrons. The fourth-order valence-corrected chi connectivity index (χ4v) is 3.57. The molecule has 38 heavy (non-hydrogen) atoms. The predicted molar refractivity (Wildman–Crippen MR) is 126 cm³/mol. The Kier molecular flexibility index (Phi) is 8.45. The van der Waals surface area contributed by atoms with Gasteiger partial charge in [0.15, 0.2) is 12.3 Å². The lowest BCUT2D eigenvalue weighted by atomic mass is 10.0. The van der Waals surface area contributed by atoms with Gasteiger partial charge in [0.1, 0.15) is 5.75 Å². The first-order valence-corrected chi connectivity index (χ1v) is 11.2. The monoisotopic (exact) mass is 548 g/mol. The van der Waals surface area contributed by atoms with Crippen molar-refractivity contribution in [1.29, 1.82) is 0 Å². The Hall–Kier alpha value is -3.54. The molecule has 2 atom stereocenters. The summed E-state index contributed by atoms with van der Waals surface area (Å²) in [5.41, 5.74) is -0.986. The molecule has 0 heterocycles. The largest absolute Gasteiger partial charge is 0.466 e. The van der Waals surface area contributed by atoms with E-state index >= 15 is 0 Å². The molecule has 0 spiro atoms. The molecule has 4 nitrogen and oxygen atoms in total. The summed E-state index contributed by atoms with van der Waals surface area (Å²) in [5.74, 6) is -5.14. The average Bonchev–Trinajstić information content (AvgIpc) is 2.85. The molecule has 0 aliphatic carbocycles. The Morgan fingerprint density at radius 3 is 1.95 bits per heavy atom. The van der Waals surface area contributed by atoms with Gasteiger partial charge in [-0.3, -0.25) is 0 Å². The van der Waals surface area contributed by atoms with Gasteiger partial charge in [0.05, 0.1) is 6.54 Å². The minimum atomic E-state index is -5.91. The van der Waals surface area contributed by atoms with Gasteiger partial charge >= 0.3 is 18.3 Å². The molecule has 0 radical (unpaired) electrons. The number of benzene rings is 3. The molecule has 0 amide bonds. The van der Waals surface area contributed by atoms with Crippen LogP contribution in [0.2, 0.25) is 0 Å². The average molecular weight is 548 g/mol. The first kappa shape index (κ1) is 29.0. The Morgan fingerprint density at radius 2 is 1.37 bits per heavy atom. The zero-order valence-electron chi connectivity index (χ0n) is 20.1. The van der Waals surface area contributed by atoms with E-state index in [-0.39, 0.29) is 17.0 Å².